The molecule has 0 aliphatic rings. The van der Waals surface area contributed by atoms with Crippen LogP contribution >= 0.6 is 27.3 Å². The maximum Gasteiger partial charge on any atom is 0.219 e. The van der Waals surface area contributed by atoms with Gasteiger partial charge in [-0.1, -0.05) is 0 Å². The Morgan fingerprint density at radius 2 is 2.33 bits per heavy atom. The molecule has 66 valence electrons. The Kier molecular flexibility index (Phi) is 3.29. The predicted molar refractivity (Wildman–Crippen MR) is 54.2 cm³/mol. The Labute approximate surface area is 84.3 Å². The molecule has 0 aliphatic heterocycles. The molecule has 0 aliphatic carbocycles. The summed E-state index contributed by atoms with van der Waals surface area (Å²) in [5.74, 6) is 0.0968. The summed E-state index contributed by atoms with van der Waals surface area (Å²) in [6.07, 6.45) is 0. The average molecular weight is 248 g/mol. The number of nitrogens with zero attached hydrogens (tertiary/aromatic N) is 1. The fourth-order valence-corrected chi connectivity index (χ4v) is 2.32. The molecule has 1 aromatic rings. The van der Waals surface area contributed by atoms with Crippen LogP contribution in [0.25, 0.3) is 0 Å². The zero-order valence-electron chi connectivity index (χ0n) is 7.00. The van der Waals surface area contributed by atoms with Crippen molar-refractivity contribution in [1.82, 2.24) is 4.90 Å². The van der Waals surface area contributed by atoms with Gasteiger partial charge in [-0.2, -0.15) is 0 Å². The lowest BCUT2D eigenvalue weighted by molar-refractivity contribution is -0.128. The first-order valence-corrected chi connectivity index (χ1v) is 5.16. The molecule has 0 unspecified atom stereocenters. The van der Waals surface area contributed by atoms with Crippen LogP contribution in [-0.4, -0.2) is 17.9 Å². The summed E-state index contributed by atoms with van der Waals surface area (Å²) >= 11 is 5.03. The molecule has 4 heteroatoms. The predicted octanol–water partition coefficient (Wildman–Crippen LogP) is 2.49. The number of carbonyl (C=O) groups excluding carboxylic acids is 1. The van der Waals surface area contributed by atoms with E-state index < -0.39 is 0 Å². The van der Waals surface area contributed by atoms with Gasteiger partial charge < -0.3 is 4.90 Å². The van der Waals surface area contributed by atoms with Crippen molar-refractivity contribution >= 4 is 33.2 Å². The maximum absolute atomic E-state index is 10.9. The lowest BCUT2D eigenvalue weighted by atomic mass is 10.4. The van der Waals surface area contributed by atoms with Gasteiger partial charge in [0, 0.05) is 18.8 Å². The molecule has 1 amide bonds. The van der Waals surface area contributed by atoms with Gasteiger partial charge in [0.15, 0.2) is 0 Å². The third-order valence-corrected chi connectivity index (χ3v) is 3.17. The summed E-state index contributed by atoms with van der Waals surface area (Å²) in [6.45, 7) is 2.27. The fraction of sp³-hybridized carbons (Fsp3) is 0.375. The second kappa shape index (κ2) is 4.05. The van der Waals surface area contributed by atoms with E-state index >= 15 is 0 Å². The van der Waals surface area contributed by atoms with E-state index in [-0.39, 0.29) is 5.91 Å². The summed E-state index contributed by atoms with van der Waals surface area (Å²) in [4.78, 5) is 13.8. The molecule has 1 rings (SSSR count). The van der Waals surface area contributed by atoms with Crippen molar-refractivity contribution in [3.8, 4) is 0 Å². The van der Waals surface area contributed by atoms with Crippen LogP contribution in [0.4, 0.5) is 0 Å². The van der Waals surface area contributed by atoms with Crippen LogP contribution in [0.5, 0.6) is 0 Å². The van der Waals surface area contributed by atoms with Crippen molar-refractivity contribution in [3.05, 3.63) is 20.8 Å². The van der Waals surface area contributed by atoms with Gasteiger partial charge >= 0.3 is 0 Å². The van der Waals surface area contributed by atoms with E-state index in [4.69, 9.17) is 0 Å². The normalized spacial score (nSPS) is 9.92. The molecule has 0 bridgehead atoms. The quantitative estimate of drug-likeness (QED) is 0.787. The molecule has 0 saturated carbocycles. The highest BCUT2D eigenvalue weighted by Gasteiger charge is 2.04. The molecule has 12 heavy (non-hydrogen) atoms. The number of carbonyl (C=O) groups is 1. The van der Waals surface area contributed by atoms with Crippen molar-refractivity contribution < 1.29 is 4.79 Å². The van der Waals surface area contributed by atoms with Crippen LogP contribution in [0.1, 0.15) is 11.8 Å². The summed E-state index contributed by atoms with van der Waals surface area (Å²) in [5.41, 5.74) is 0. The van der Waals surface area contributed by atoms with Gasteiger partial charge in [-0.05, 0) is 28.1 Å². The second-order valence-corrected chi connectivity index (χ2v) is 5.13. The van der Waals surface area contributed by atoms with Crippen LogP contribution in [0.2, 0.25) is 0 Å². The van der Waals surface area contributed by atoms with Gasteiger partial charge in [0.1, 0.15) is 0 Å². The summed E-state index contributed by atoms with van der Waals surface area (Å²) < 4.78 is 1.11. The van der Waals surface area contributed by atoms with Gasteiger partial charge in [-0.25, -0.2) is 0 Å². The van der Waals surface area contributed by atoms with Crippen LogP contribution in [-0.2, 0) is 11.3 Å². The van der Waals surface area contributed by atoms with E-state index in [0.717, 1.165) is 3.79 Å². The van der Waals surface area contributed by atoms with E-state index in [1.54, 1.807) is 30.2 Å². The summed E-state index contributed by atoms with van der Waals surface area (Å²) in [5, 5.41) is 0. The second-order valence-electron chi connectivity index (χ2n) is 2.58. The Balaban J connectivity index is 2.58. The van der Waals surface area contributed by atoms with Gasteiger partial charge in [0.25, 0.3) is 0 Å². The van der Waals surface area contributed by atoms with E-state index in [1.807, 2.05) is 12.1 Å². The monoisotopic (exact) mass is 247 g/mol. The highest BCUT2D eigenvalue weighted by molar-refractivity contribution is 9.11. The first-order valence-electron chi connectivity index (χ1n) is 3.55. The molecule has 0 aromatic carbocycles. The van der Waals surface area contributed by atoms with Crippen molar-refractivity contribution in [3.63, 3.8) is 0 Å². The Morgan fingerprint density at radius 3 is 2.75 bits per heavy atom. The molecule has 1 aromatic heterocycles. The largest absolute Gasteiger partial charge is 0.341 e. The minimum Gasteiger partial charge on any atom is -0.341 e. The van der Waals surface area contributed by atoms with Crippen LogP contribution in [0.3, 0.4) is 0 Å². The molecule has 0 saturated heterocycles. The van der Waals surface area contributed by atoms with Gasteiger partial charge in [0.05, 0.1) is 10.3 Å². The van der Waals surface area contributed by atoms with Crippen molar-refractivity contribution in [2.75, 3.05) is 7.05 Å². The number of amides is 1. The van der Waals surface area contributed by atoms with E-state index in [2.05, 4.69) is 15.9 Å². The average Bonchev–Trinajstić information content (AvgIpc) is 2.35. The molecule has 0 atom stereocenters. The number of hydrogen-bond acceptors (Lipinski definition) is 2. The van der Waals surface area contributed by atoms with Crippen molar-refractivity contribution in [1.29, 1.82) is 0 Å². The number of halogens is 1. The lowest BCUT2D eigenvalue weighted by Crippen LogP contribution is -2.22. The fourth-order valence-electron chi connectivity index (χ4n) is 0.782. The van der Waals surface area contributed by atoms with Gasteiger partial charge in [-0.3, -0.25) is 4.79 Å². The SMILES string of the molecule is CC(=O)N(C)Cc1ccc(Br)s1. The van der Waals surface area contributed by atoms with Crippen molar-refractivity contribution in [2.45, 2.75) is 13.5 Å². The van der Waals surface area contributed by atoms with E-state index in [0.29, 0.717) is 6.54 Å². The van der Waals surface area contributed by atoms with Gasteiger partial charge in [-0.15, -0.1) is 11.3 Å². The van der Waals surface area contributed by atoms with E-state index in [1.165, 1.54) is 4.88 Å². The maximum atomic E-state index is 10.9. The number of hydrogen-bond donors (Lipinski definition) is 0. The van der Waals surface area contributed by atoms with Crippen LogP contribution < -0.4 is 0 Å². The molecule has 0 fully saturated rings. The molecule has 2 nitrogen and oxygen atoms in total. The highest BCUT2D eigenvalue weighted by atomic mass is 79.9. The Hall–Kier alpha value is -0.350. The zero-order valence-corrected chi connectivity index (χ0v) is 9.41. The minimum atomic E-state index is 0.0968. The first kappa shape index (κ1) is 9.74. The summed E-state index contributed by atoms with van der Waals surface area (Å²) in [7, 11) is 1.80. The van der Waals surface area contributed by atoms with Crippen molar-refractivity contribution in [2.24, 2.45) is 0 Å². The molecule has 0 spiro atoms. The van der Waals surface area contributed by atoms with E-state index in [9.17, 15) is 4.79 Å². The molecular formula is C8H10BrNOS. The smallest absolute Gasteiger partial charge is 0.219 e. The molecule has 0 N–H and O–H groups in total. The third-order valence-electron chi connectivity index (χ3n) is 1.56. The van der Waals surface area contributed by atoms with Crippen LogP contribution in [0, 0.1) is 0 Å². The topological polar surface area (TPSA) is 20.3 Å². The Morgan fingerprint density at radius 1 is 1.67 bits per heavy atom. The standard InChI is InChI=1S/C8H10BrNOS/c1-6(11)10(2)5-7-3-4-8(9)12-7/h3-4H,5H2,1-2H3. The summed E-state index contributed by atoms with van der Waals surface area (Å²) in [6, 6.07) is 4.02. The molecular weight excluding hydrogens is 238 g/mol. The third kappa shape index (κ3) is 2.60. The van der Waals surface area contributed by atoms with Crippen LogP contribution in [0.15, 0.2) is 15.9 Å². The minimum absolute atomic E-state index is 0.0968. The molecule has 0 radical (unpaired) electrons. The number of rotatable bonds is 2. The Bertz CT molecular complexity index is 284. The highest BCUT2D eigenvalue weighted by Crippen LogP contribution is 2.22. The first-order chi connectivity index (χ1) is 5.59. The van der Waals surface area contributed by atoms with Gasteiger partial charge in [0.2, 0.25) is 5.91 Å². The molecule has 1 heterocycles. The lowest BCUT2D eigenvalue weighted by Gasteiger charge is -2.12. The number of thiophene rings is 1. The zero-order chi connectivity index (χ0) is 9.14.